The minimum Gasteiger partial charge on any atom is -0.493 e. The van der Waals surface area contributed by atoms with Crippen LogP contribution in [0.25, 0.3) is 0 Å². The molecule has 1 atom stereocenters. The van der Waals surface area contributed by atoms with Crippen LogP contribution in [0, 0.1) is 0 Å². The van der Waals surface area contributed by atoms with Gasteiger partial charge in [0.2, 0.25) is 0 Å². The molecule has 0 amide bonds. The standard InChI is InChI=1S/C26H36N2O3/c1-30-25-13-12-22(19-26(25)31-24-10-5-6-11-24)28-16-15-27(14-7-17-29)23(20-28)18-21-8-3-2-4-9-21/h2-4,8-9,12-13,19,23-24,29H,5-7,10-11,14-18,20H2,1H3. The normalized spacial score (nSPS) is 20.2. The highest BCUT2D eigenvalue weighted by molar-refractivity contribution is 5.57. The average molecular weight is 425 g/mol. The third-order valence-corrected chi connectivity index (χ3v) is 6.63. The molecule has 2 fully saturated rings. The fourth-order valence-electron chi connectivity index (χ4n) is 4.92. The van der Waals surface area contributed by atoms with E-state index in [2.05, 4.69) is 52.3 Å². The van der Waals surface area contributed by atoms with Crippen molar-refractivity contribution in [3.05, 3.63) is 54.1 Å². The van der Waals surface area contributed by atoms with Crippen LogP contribution in [-0.2, 0) is 6.42 Å². The van der Waals surface area contributed by atoms with E-state index in [1.807, 2.05) is 6.07 Å². The molecule has 1 saturated carbocycles. The first-order valence-corrected chi connectivity index (χ1v) is 11.8. The van der Waals surface area contributed by atoms with Gasteiger partial charge in [0.05, 0.1) is 13.2 Å². The van der Waals surface area contributed by atoms with E-state index in [1.54, 1.807) is 7.11 Å². The molecule has 2 aliphatic rings. The van der Waals surface area contributed by atoms with E-state index in [0.717, 1.165) is 63.4 Å². The van der Waals surface area contributed by atoms with Gasteiger partial charge in [0, 0.05) is 50.6 Å². The second-order valence-corrected chi connectivity index (χ2v) is 8.76. The maximum Gasteiger partial charge on any atom is 0.163 e. The molecule has 0 spiro atoms. The fraction of sp³-hybridized carbons (Fsp3) is 0.538. The lowest BCUT2D eigenvalue weighted by atomic mass is 10.0. The van der Waals surface area contributed by atoms with E-state index in [9.17, 15) is 5.11 Å². The van der Waals surface area contributed by atoms with Gasteiger partial charge in [-0.1, -0.05) is 30.3 Å². The number of hydrogen-bond acceptors (Lipinski definition) is 5. The van der Waals surface area contributed by atoms with Crippen LogP contribution >= 0.6 is 0 Å². The van der Waals surface area contributed by atoms with Crippen molar-refractivity contribution in [2.75, 3.05) is 44.8 Å². The molecule has 2 aromatic carbocycles. The SMILES string of the molecule is COc1ccc(N2CCN(CCCO)C(Cc3ccccc3)C2)cc1OC1CCCC1. The van der Waals surface area contributed by atoms with Crippen LogP contribution in [0.5, 0.6) is 11.5 Å². The number of benzene rings is 2. The maximum absolute atomic E-state index is 9.34. The van der Waals surface area contributed by atoms with Crippen molar-refractivity contribution < 1.29 is 14.6 Å². The minimum absolute atomic E-state index is 0.249. The predicted molar refractivity (Wildman–Crippen MR) is 125 cm³/mol. The number of aliphatic hydroxyl groups excluding tert-OH is 1. The summed E-state index contributed by atoms with van der Waals surface area (Å²) in [6.07, 6.45) is 6.93. The second-order valence-electron chi connectivity index (χ2n) is 8.76. The Morgan fingerprint density at radius 3 is 2.55 bits per heavy atom. The smallest absolute Gasteiger partial charge is 0.163 e. The zero-order valence-corrected chi connectivity index (χ0v) is 18.7. The molecule has 4 rings (SSSR count). The molecule has 1 aliphatic heterocycles. The highest BCUT2D eigenvalue weighted by Crippen LogP contribution is 2.35. The zero-order valence-electron chi connectivity index (χ0n) is 18.7. The molecule has 1 heterocycles. The molecule has 0 radical (unpaired) electrons. The molecule has 31 heavy (non-hydrogen) atoms. The van der Waals surface area contributed by atoms with Gasteiger partial charge in [-0.25, -0.2) is 0 Å². The summed E-state index contributed by atoms with van der Waals surface area (Å²) >= 11 is 0. The summed E-state index contributed by atoms with van der Waals surface area (Å²) in [5.74, 6) is 1.69. The molecule has 1 unspecified atom stereocenters. The molecule has 5 nitrogen and oxygen atoms in total. The number of methoxy groups -OCH3 is 1. The van der Waals surface area contributed by atoms with Crippen molar-refractivity contribution in [2.24, 2.45) is 0 Å². The lowest BCUT2D eigenvalue weighted by Crippen LogP contribution is -2.54. The summed E-state index contributed by atoms with van der Waals surface area (Å²) < 4.78 is 11.9. The number of piperazine rings is 1. The maximum atomic E-state index is 9.34. The van der Waals surface area contributed by atoms with Gasteiger partial charge in [-0.05, 0) is 56.2 Å². The fourth-order valence-corrected chi connectivity index (χ4v) is 4.92. The molecule has 0 aromatic heterocycles. The molecule has 5 heteroatoms. The predicted octanol–water partition coefficient (Wildman–Crippen LogP) is 4.13. The van der Waals surface area contributed by atoms with Crippen LogP contribution in [-0.4, -0.2) is 62.0 Å². The topological polar surface area (TPSA) is 45.2 Å². The van der Waals surface area contributed by atoms with Crippen molar-refractivity contribution in [3.8, 4) is 11.5 Å². The summed E-state index contributed by atoms with van der Waals surface area (Å²) in [5, 5.41) is 9.34. The largest absolute Gasteiger partial charge is 0.493 e. The van der Waals surface area contributed by atoms with Crippen molar-refractivity contribution in [3.63, 3.8) is 0 Å². The highest BCUT2D eigenvalue weighted by Gasteiger charge is 2.28. The van der Waals surface area contributed by atoms with Gasteiger partial charge >= 0.3 is 0 Å². The second kappa shape index (κ2) is 10.9. The summed E-state index contributed by atoms with van der Waals surface area (Å²) in [5.41, 5.74) is 2.57. The van der Waals surface area contributed by atoms with E-state index in [-0.39, 0.29) is 6.61 Å². The lowest BCUT2D eigenvalue weighted by Gasteiger charge is -2.43. The first-order chi connectivity index (χ1) is 15.3. The van der Waals surface area contributed by atoms with Crippen LogP contribution in [0.4, 0.5) is 5.69 Å². The molecular weight excluding hydrogens is 388 g/mol. The van der Waals surface area contributed by atoms with Crippen molar-refractivity contribution >= 4 is 5.69 Å². The number of hydrogen-bond donors (Lipinski definition) is 1. The van der Waals surface area contributed by atoms with E-state index in [0.29, 0.717) is 12.1 Å². The Morgan fingerprint density at radius 1 is 1.00 bits per heavy atom. The summed E-state index contributed by atoms with van der Waals surface area (Å²) in [6, 6.07) is 17.5. The van der Waals surface area contributed by atoms with Crippen LogP contribution in [0.2, 0.25) is 0 Å². The van der Waals surface area contributed by atoms with E-state index in [1.165, 1.54) is 24.1 Å². The third kappa shape index (κ3) is 5.72. The number of aliphatic hydroxyl groups is 1. The Morgan fingerprint density at radius 2 is 1.81 bits per heavy atom. The number of anilines is 1. The van der Waals surface area contributed by atoms with Crippen molar-refractivity contribution in [1.82, 2.24) is 4.90 Å². The van der Waals surface area contributed by atoms with E-state index in [4.69, 9.17) is 9.47 Å². The quantitative estimate of drug-likeness (QED) is 0.656. The average Bonchev–Trinajstić information content (AvgIpc) is 3.32. The van der Waals surface area contributed by atoms with Gasteiger partial charge in [0.25, 0.3) is 0 Å². The Labute approximate surface area is 186 Å². The number of rotatable bonds is 9. The Hall–Kier alpha value is -2.24. The first kappa shape index (κ1) is 22.0. The van der Waals surface area contributed by atoms with E-state index >= 15 is 0 Å². The van der Waals surface area contributed by atoms with Crippen LogP contribution in [0.3, 0.4) is 0 Å². The van der Waals surface area contributed by atoms with Crippen molar-refractivity contribution in [2.45, 2.75) is 50.7 Å². The molecule has 1 N–H and O–H groups in total. The van der Waals surface area contributed by atoms with Gasteiger partial charge < -0.3 is 19.5 Å². The minimum atomic E-state index is 0.249. The van der Waals surface area contributed by atoms with Gasteiger partial charge in [-0.15, -0.1) is 0 Å². The molecule has 1 saturated heterocycles. The van der Waals surface area contributed by atoms with Gasteiger partial charge in [0.1, 0.15) is 0 Å². The zero-order chi connectivity index (χ0) is 21.5. The van der Waals surface area contributed by atoms with Crippen LogP contribution in [0.15, 0.2) is 48.5 Å². The summed E-state index contributed by atoms with van der Waals surface area (Å²) in [6.45, 7) is 4.14. The Bertz CT molecular complexity index is 808. The number of nitrogens with zero attached hydrogens (tertiary/aromatic N) is 2. The molecule has 0 bridgehead atoms. The summed E-state index contributed by atoms with van der Waals surface area (Å²) in [4.78, 5) is 5.02. The van der Waals surface area contributed by atoms with Gasteiger partial charge in [0.15, 0.2) is 11.5 Å². The lowest BCUT2D eigenvalue weighted by molar-refractivity contribution is 0.157. The van der Waals surface area contributed by atoms with Crippen LogP contribution < -0.4 is 14.4 Å². The van der Waals surface area contributed by atoms with Crippen LogP contribution in [0.1, 0.15) is 37.7 Å². The van der Waals surface area contributed by atoms with E-state index < -0.39 is 0 Å². The molecule has 2 aromatic rings. The van der Waals surface area contributed by atoms with Gasteiger partial charge in [-0.2, -0.15) is 0 Å². The monoisotopic (exact) mass is 424 g/mol. The van der Waals surface area contributed by atoms with Crippen molar-refractivity contribution in [1.29, 1.82) is 0 Å². The first-order valence-electron chi connectivity index (χ1n) is 11.8. The summed E-state index contributed by atoms with van der Waals surface area (Å²) in [7, 11) is 1.71. The third-order valence-electron chi connectivity index (χ3n) is 6.63. The van der Waals surface area contributed by atoms with Gasteiger partial charge in [-0.3, -0.25) is 4.90 Å². The number of ether oxygens (including phenoxy) is 2. The highest BCUT2D eigenvalue weighted by atomic mass is 16.5. The molecular formula is C26H36N2O3. The Kier molecular flexibility index (Phi) is 7.71. The molecule has 1 aliphatic carbocycles. The molecule has 168 valence electrons. The Balaban J connectivity index is 1.50.